The van der Waals surface area contributed by atoms with Crippen LogP contribution >= 0.6 is 15.9 Å². The molecule has 6 nitrogen and oxygen atoms in total. The Hall–Kier alpha value is -2.84. The molecular formula is C20H16BrN3O3S. The molecule has 0 fully saturated rings. The molecule has 1 N–H and O–H groups in total. The van der Waals surface area contributed by atoms with Crippen LogP contribution in [0.1, 0.15) is 5.69 Å². The average Bonchev–Trinajstić information content (AvgIpc) is 3.32. The predicted molar refractivity (Wildman–Crippen MR) is 111 cm³/mol. The highest BCUT2D eigenvalue weighted by Gasteiger charge is 2.23. The van der Waals surface area contributed by atoms with Gasteiger partial charge in [-0.25, -0.2) is 4.72 Å². The van der Waals surface area contributed by atoms with Gasteiger partial charge in [-0.3, -0.25) is 0 Å². The molecular weight excluding hydrogens is 442 g/mol. The summed E-state index contributed by atoms with van der Waals surface area (Å²) in [6.07, 6.45) is 1.70. The molecule has 0 amide bonds. The van der Waals surface area contributed by atoms with Crippen LogP contribution in [0.25, 0.3) is 16.8 Å². The maximum atomic E-state index is 12.9. The van der Waals surface area contributed by atoms with Crippen molar-refractivity contribution in [1.29, 1.82) is 0 Å². The van der Waals surface area contributed by atoms with Crippen molar-refractivity contribution in [3.8, 4) is 16.8 Å². The number of aryl methyl sites for hydroxylation is 1. The van der Waals surface area contributed by atoms with E-state index in [0.717, 1.165) is 16.8 Å². The van der Waals surface area contributed by atoms with Gasteiger partial charge in [0.2, 0.25) is 0 Å². The largest absolute Gasteiger partial charge is 0.336 e. The Balaban J connectivity index is 1.66. The molecule has 2 aromatic carbocycles. The molecule has 8 heteroatoms. The fraction of sp³-hybridized carbons (Fsp3) is 0.0500. The van der Waals surface area contributed by atoms with E-state index < -0.39 is 10.0 Å². The van der Waals surface area contributed by atoms with Gasteiger partial charge in [0.1, 0.15) is 4.47 Å². The SMILES string of the molecule is Cc1noc(NS(=O)(=O)c2cccn2-c2ccc(-c3ccccc3)cc2)c1Br. The van der Waals surface area contributed by atoms with Crippen LogP contribution in [0.3, 0.4) is 0 Å². The molecule has 0 atom stereocenters. The Bertz CT molecular complexity index is 1210. The highest BCUT2D eigenvalue weighted by molar-refractivity contribution is 9.10. The van der Waals surface area contributed by atoms with Gasteiger partial charge < -0.3 is 9.09 Å². The van der Waals surface area contributed by atoms with Gasteiger partial charge in [0.25, 0.3) is 15.9 Å². The molecule has 28 heavy (non-hydrogen) atoms. The van der Waals surface area contributed by atoms with Gasteiger partial charge in [-0.15, -0.1) is 0 Å². The third-order valence-electron chi connectivity index (χ3n) is 4.26. The van der Waals surface area contributed by atoms with Crippen molar-refractivity contribution in [2.75, 3.05) is 4.72 Å². The first-order valence-corrected chi connectivity index (χ1v) is 10.7. The zero-order chi connectivity index (χ0) is 19.7. The molecule has 4 rings (SSSR count). The van der Waals surface area contributed by atoms with Crippen molar-refractivity contribution in [3.63, 3.8) is 0 Å². The van der Waals surface area contributed by atoms with Gasteiger partial charge in [0.15, 0.2) is 5.03 Å². The van der Waals surface area contributed by atoms with E-state index in [1.54, 1.807) is 23.8 Å². The maximum Gasteiger partial charge on any atom is 0.280 e. The molecule has 0 spiro atoms. The smallest absolute Gasteiger partial charge is 0.280 e. The quantitative estimate of drug-likeness (QED) is 0.457. The summed E-state index contributed by atoms with van der Waals surface area (Å²) in [6.45, 7) is 1.71. The van der Waals surface area contributed by atoms with Crippen LogP contribution in [0.4, 0.5) is 5.88 Å². The molecule has 142 valence electrons. The zero-order valence-corrected chi connectivity index (χ0v) is 17.2. The van der Waals surface area contributed by atoms with Crippen molar-refractivity contribution in [3.05, 3.63) is 83.1 Å². The van der Waals surface area contributed by atoms with Crippen LogP contribution in [-0.2, 0) is 10.0 Å². The van der Waals surface area contributed by atoms with Crippen molar-refractivity contribution in [2.24, 2.45) is 0 Å². The van der Waals surface area contributed by atoms with Gasteiger partial charge in [-0.05, 0) is 58.2 Å². The molecule has 0 aliphatic rings. The number of nitrogens with one attached hydrogen (secondary N) is 1. The lowest BCUT2D eigenvalue weighted by molar-refractivity contribution is 0.430. The molecule has 2 aromatic heterocycles. The van der Waals surface area contributed by atoms with Crippen LogP contribution in [0, 0.1) is 6.92 Å². The van der Waals surface area contributed by atoms with Crippen molar-refractivity contribution in [1.82, 2.24) is 9.72 Å². The van der Waals surface area contributed by atoms with E-state index in [9.17, 15) is 8.42 Å². The van der Waals surface area contributed by atoms with Gasteiger partial charge in [0.05, 0.1) is 5.69 Å². The lowest BCUT2D eigenvalue weighted by Crippen LogP contribution is -2.16. The molecule has 0 saturated carbocycles. The van der Waals surface area contributed by atoms with Gasteiger partial charge in [-0.1, -0.05) is 47.6 Å². The Kier molecular flexibility index (Phi) is 4.82. The summed E-state index contributed by atoms with van der Waals surface area (Å²) in [5.74, 6) is 0.0460. The second kappa shape index (κ2) is 7.29. The van der Waals surface area contributed by atoms with Gasteiger partial charge in [0, 0.05) is 11.9 Å². The topological polar surface area (TPSA) is 77.1 Å². The number of nitrogens with zero attached hydrogens (tertiary/aromatic N) is 2. The summed E-state index contributed by atoms with van der Waals surface area (Å²) in [7, 11) is -3.87. The van der Waals surface area contributed by atoms with Crippen LogP contribution in [0.15, 0.2) is 86.9 Å². The molecule has 0 bridgehead atoms. The first-order chi connectivity index (χ1) is 13.5. The summed E-state index contributed by atoms with van der Waals surface area (Å²) in [4.78, 5) is 0. The second-order valence-electron chi connectivity index (χ2n) is 6.15. The van der Waals surface area contributed by atoms with Crippen LogP contribution < -0.4 is 4.72 Å². The second-order valence-corrected chi connectivity index (χ2v) is 8.57. The number of benzene rings is 2. The number of sulfonamides is 1. The molecule has 0 unspecified atom stereocenters. The predicted octanol–water partition coefficient (Wildman–Crippen LogP) is 5.00. The van der Waals surface area contributed by atoms with Crippen molar-refractivity contribution in [2.45, 2.75) is 11.9 Å². The highest BCUT2D eigenvalue weighted by Crippen LogP contribution is 2.29. The number of halogens is 1. The lowest BCUT2D eigenvalue weighted by Gasteiger charge is -2.11. The third-order valence-corrected chi connectivity index (χ3v) is 6.53. The van der Waals surface area contributed by atoms with Crippen LogP contribution in [0.2, 0.25) is 0 Å². The van der Waals surface area contributed by atoms with E-state index >= 15 is 0 Å². The van der Waals surface area contributed by atoms with E-state index in [-0.39, 0.29) is 10.9 Å². The van der Waals surface area contributed by atoms with Crippen LogP contribution in [0.5, 0.6) is 0 Å². The monoisotopic (exact) mass is 457 g/mol. The number of rotatable bonds is 5. The Morgan fingerprint density at radius 1 is 0.964 bits per heavy atom. The molecule has 0 aliphatic carbocycles. The van der Waals surface area contributed by atoms with Crippen molar-refractivity contribution < 1.29 is 12.9 Å². The fourth-order valence-corrected chi connectivity index (χ4v) is 4.38. The Labute approximate surface area is 171 Å². The van der Waals surface area contributed by atoms with E-state index in [1.165, 1.54) is 6.07 Å². The first-order valence-electron chi connectivity index (χ1n) is 8.43. The van der Waals surface area contributed by atoms with Crippen LogP contribution in [-0.4, -0.2) is 18.1 Å². The summed E-state index contributed by atoms with van der Waals surface area (Å²) in [5.41, 5.74) is 3.45. The minimum Gasteiger partial charge on any atom is -0.336 e. The normalized spacial score (nSPS) is 11.5. The summed E-state index contributed by atoms with van der Waals surface area (Å²) >= 11 is 3.27. The van der Waals surface area contributed by atoms with E-state index in [0.29, 0.717) is 10.2 Å². The molecule has 0 aliphatic heterocycles. The average molecular weight is 458 g/mol. The summed E-state index contributed by atoms with van der Waals surface area (Å²) in [5, 5.41) is 3.84. The maximum absolute atomic E-state index is 12.9. The fourth-order valence-electron chi connectivity index (χ4n) is 2.84. The first kappa shape index (κ1) is 18.5. The minimum absolute atomic E-state index is 0.0460. The minimum atomic E-state index is -3.87. The Morgan fingerprint density at radius 3 is 2.29 bits per heavy atom. The molecule has 0 saturated heterocycles. The van der Waals surface area contributed by atoms with E-state index in [2.05, 4.69) is 25.8 Å². The zero-order valence-electron chi connectivity index (χ0n) is 14.8. The number of hydrogen-bond acceptors (Lipinski definition) is 4. The van der Waals surface area contributed by atoms with Gasteiger partial charge >= 0.3 is 0 Å². The Morgan fingerprint density at radius 2 is 1.64 bits per heavy atom. The lowest BCUT2D eigenvalue weighted by atomic mass is 10.1. The van der Waals surface area contributed by atoms with E-state index in [1.807, 2.05) is 54.6 Å². The summed E-state index contributed by atoms with van der Waals surface area (Å²) in [6, 6.07) is 20.9. The standard InChI is InChI=1S/C20H16BrN3O3S/c1-14-19(21)20(27-22-14)23-28(25,26)18-8-5-13-24(18)17-11-9-16(10-12-17)15-6-3-2-4-7-15/h2-13,23H,1H3. The number of aromatic nitrogens is 2. The number of hydrogen-bond donors (Lipinski definition) is 1. The summed E-state index contributed by atoms with van der Waals surface area (Å²) < 4.78 is 35.3. The third kappa shape index (κ3) is 3.48. The van der Waals surface area contributed by atoms with Crippen molar-refractivity contribution >= 4 is 31.8 Å². The molecule has 0 radical (unpaired) electrons. The van der Waals surface area contributed by atoms with E-state index in [4.69, 9.17) is 4.52 Å². The highest BCUT2D eigenvalue weighted by atomic mass is 79.9. The molecule has 2 heterocycles. The number of anilines is 1. The van der Waals surface area contributed by atoms with Gasteiger partial charge in [-0.2, -0.15) is 8.42 Å². The molecule has 4 aromatic rings.